The van der Waals surface area contributed by atoms with Crippen LogP contribution in [0.25, 0.3) is 0 Å². The first-order valence-electron chi connectivity index (χ1n) is 5.33. The number of aromatic nitrogens is 2. The first kappa shape index (κ1) is 15.4. The Hall–Kier alpha value is -0.980. The molecular formula is C12H7Cl2F3N2S. The van der Waals surface area contributed by atoms with Crippen molar-refractivity contribution in [1.29, 1.82) is 0 Å². The SMILES string of the molecule is FC(F)(F)c1ccnc(SCc2ccc(Cl)c(Cl)c2)n1. The fourth-order valence-corrected chi connectivity index (χ4v) is 2.44. The largest absolute Gasteiger partial charge is 0.433 e. The van der Waals surface area contributed by atoms with E-state index < -0.39 is 11.9 Å². The molecule has 2 aromatic rings. The summed E-state index contributed by atoms with van der Waals surface area (Å²) in [6.45, 7) is 0. The van der Waals surface area contributed by atoms with Crippen LogP contribution in [0.5, 0.6) is 0 Å². The van der Waals surface area contributed by atoms with Crippen molar-refractivity contribution in [1.82, 2.24) is 9.97 Å². The molecule has 20 heavy (non-hydrogen) atoms. The van der Waals surface area contributed by atoms with Crippen LogP contribution in [0.3, 0.4) is 0 Å². The number of benzene rings is 1. The lowest BCUT2D eigenvalue weighted by atomic mass is 10.2. The van der Waals surface area contributed by atoms with Gasteiger partial charge in [0, 0.05) is 11.9 Å². The van der Waals surface area contributed by atoms with Gasteiger partial charge in [0.15, 0.2) is 5.16 Å². The molecule has 0 amide bonds. The van der Waals surface area contributed by atoms with Crippen LogP contribution in [0.15, 0.2) is 35.6 Å². The second-order valence-corrected chi connectivity index (χ2v) is 5.52. The van der Waals surface area contributed by atoms with Gasteiger partial charge < -0.3 is 0 Å². The van der Waals surface area contributed by atoms with Crippen molar-refractivity contribution in [2.75, 3.05) is 0 Å². The summed E-state index contributed by atoms with van der Waals surface area (Å²) >= 11 is 12.7. The van der Waals surface area contributed by atoms with Gasteiger partial charge in [0.1, 0.15) is 5.69 Å². The predicted molar refractivity (Wildman–Crippen MR) is 73.1 cm³/mol. The maximum atomic E-state index is 12.5. The number of alkyl halides is 3. The number of rotatable bonds is 3. The third-order valence-electron chi connectivity index (χ3n) is 2.28. The van der Waals surface area contributed by atoms with E-state index in [4.69, 9.17) is 23.2 Å². The third kappa shape index (κ3) is 4.01. The van der Waals surface area contributed by atoms with E-state index in [2.05, 4.69) is 9.97 Å². The molecule has 0 atom stereocenters. The molecule has 0 saturated carbocycles. The second kappa shape index (κ2) is 6.20. The summed E-state index contributed by atoms with van der Waals surface area (Å²) in [5, 5.41) is 0.886. The van der Waals surface area contributed by atoms with Crippen molar-refractivity contribution in [3.05, 3.63) is 51.8 Å². The van der Waals surface area contributed by atoms with E-state index in [0.717, 1.165) is 29.6 Å². The van der Waals surface area contributed by atoms with Crippen molar-refractivity contribution in [3.8, 4) is 0 Å². The molecule has 0 aliphatic heterocycles. The number of hydrogen-bond donors (Lipinski definition) is 0. The Kier molecular flexibility index (Phi) is 4.78. The van der Waals surface area contributed by atoms with Gasteiger partial charge in [0.05, 0.1) is 10.0 Å². The topological polar surface area (TPSA) is 25.8 Å². The molecule has 0 unspecified atom stereocenters. The number of thioether (sulfide) groups is 1. The van der Waals surface area contributed by atoms with Gasteiger partial charge in [-0.3, -0.25) is 0 Å². The molecule has 0 aliphatic carbocycles. The minimum atomic E-state index is -4.47. The summed E-state index contributed by atoms with van der Waals surface area (Å²) in [6.07, 6.45) is -3.38. The van der Waals surface area contributed by atoms with Crippen LogP contribution >= 0.6 is 35.0 Å². The Morgan fingerprint density at radius 2 is 1.85 bits per heavy atom. The fraction of sp³-hybridized carbons (Fsp3) is 0.167. The van der Waals surface area contributed by atoms with E-state index in [1.165, 1.54) is 0 Å². The van der Waals surface area contributed by atoms with Gasteiger partial charge in [-0.25, -0.2) is 9.97 Å². The minimum absolute atomic E-state index is 0.0610. The summed E-state index contributed by atoms with van der Waals surface area (Å²) in [4.78, 5) is 7.27. The monoisotopic (exact) mass is 338 g/mol. The Balaban J connectivity index is 2.09. The van der Waals surface area contributed by atoms with E-state index in [0.29, 0.717) is 15.8 Å². The van der Waals surface area contributed by atoms with Crippen LogP contribution in [-0.4, -0.2) is 9.97 Å². The standard InChI is InChI=1S/C12H7Cl2F3N2S/c13-8-2-1-7(5-9(8)14)6-20-11-18-4-3-10(19-11)12(15,16)17/h1-5H,6H2. The molecule has 1 aromatic carbocycles. The molecule has 0 spiro atoms. The molecule has 2 rings (SSSR count). The Morgan fingerprint density at radius 3 is 2.50 bits per heavy atom. The van der Waals surface area contributed by atoms with Crippen molar-refractivity contribution in [2.45, 2.75) is 17.1 Å². The number of nitrogens with zero attached hydrogens (tertiary/aromatic N) is 2. The second-order valence-electron chi connectivity index (χ2n) is 3.76. The normalized spacial score (nSPS) is 11.7. The molecule has 0 saturated heterocycles. The van der Waals surface area contributed by atoms with Gasteiger partial charge in [-0.05, 0) is 23.8 Å². The predicted octanol–water partition coefficient (Wildman–Crippen LogP) is 5.09. The van der Waals surface area contributed by atoms with Gasteiger partial charge >= 0.3 is 6.18 Å². The molecule has 0 bridgehead atoms. The van der Waals surface area contributed by atoms with E-state index in [9.17, 15) is 13.2 Å². The highest BCUT2D eigenvalue weighted by atomic mass is 35.5. The molecule has 0 fully saturated rings. The molecule has 0 aliphatic rings. The highest BCUT2D eigenvalue weighted by molar-refractivity contribution is 7.98. The lowest BCUT2D eigenvalue weighted by Gasteiger charge is -2.07. The average Bonchev–Trinajstić information content (AvgIpc) is 2.39. The molecule has 0 radical (unpaired) electrons. The molecular weight excluding hydrogens is 332 g/mol. The van der Waals surface area contributed by atoms with Crippen LogP contribution < -0.4 is 0 Å². The van der Waals surface area contributed by atoms with Crippen molar-refractivity contribution in [2.24, 2.45) is 0 Å². The van der Waals surface area contributed by atoms with Gasteiger partial charge in [-0.1, -0.05) is 41.0 Å². The van der Waals surface area contributed by atoms with Crippen LogP contribution in [0.2, 0.25) is 10.0 Å². The molecule has 2 nitrogen and oxygen atoms in total. The first-order valence-corrected chi connectivity index (χ1v) is 7.07. The number of hydrogen-bond acceptors (Lipinski definition) is 3. The Labute approximate surface area is 127 Å². The number of halogens is 5. The summed E-state index contributed by atoms with van der Waals surface area (Å²) in [5.41, 5.74) is -0.130. The molecule has 1 heterocycles. The van der Waals surface area contributed by atoms with Crippen LogP contribution in [0.1, 0.15) is 11.3 Å². The highest BCUT2D eigenvalue weighted by Crippen LogP contribution is 2.30. The van der Waals surface area contributed by atoms with Gasteiger partial charge in [-0.2, -0.15) is 13.2 Å². The zero-order chi connectivity index (χ0) is 14.8. The summed E-state index contributed by atoms with van der Waals surface area (Å²) < 4.78 is 37.5. The van der Waals surface area contributed by atoms with Crippen molar-refractivity contribution >= 4 is 35.0 Å². The maximum Gasteiger partial charge on any atom is 0.433 e. The van der Waals surface area contributed by atoms with E-state index >= 15 is 0 Å². The minimum Gasteiger partial charge on any atom is -0.231 e. The van der Waals surface area contributed by atoms with E-state index in [1.54, 1.807) is 18.2 Å². The summed E-state index contributed by atoms with van der Waals surface area (Å²) in [5.74, 6) is 0.401. The summed E-state index contributed by atoms with van der Waals surface area (Å²) in [7, 11) is 0. The molecule has 1 aromatic heterocycles. The van der Waals surface area contributed by atoms with Gasteiger partial charge in [-0.15, -0.1) is 0 Å². The lowest BCUT2D eigenvalue weighted by molar-refractivity contribution is -0.141. The van der Waals surface area contributed by atoms with E-state index in [-0.39, 0.29) is 5.16 Å². The molecule has 8 heteroatoms. The zero-order valence-electron chi connectivity index (χ0n) is 9.79. The van der Waals surface area contributed by atoms with Crippen LogP contribution in [0.4, 0.5) is 13.2 Å². The smallest absolute Gasteiger partial charge is 0.231 e. The quantitative estimate of drug-likeness (QED) is 0.575. The molecule has 0 N–H and O–H groups in total. The average molecular weight is 339 g/mol. The maximum absolute atomic E-state index is 12.5. The Bertz CT molecular complexity index is 620. The summed E-state index contributed by atoms with van der Waals surface area (Å²) in [6, 6.07) is 5.87. The third-order valence-corrected chi connectivity index (χ3v) is 3.95. The fourth-order valence-electron chi connectivity index (χ4n) is 1.35. The first-order chi connectivity index (χ1) is 9.36. The zero-order valence-corrected chi connectivity index (χ0v) is 12.1. The Morgan fingerprint density at radius 1 is 1.10 bits per heavy atom. The van der Waals surface area contributed by atoms with Gasteiger partial charge in [0.25, 0.3) is 0 Å². The van der Waals surface area contributed by atoms with Gasteiger partial charge in [0.2, 0.25) is 0 Å². The lowest BCUT2D eigenvalue weighted by Crippen LogP contribution is -2.08. The van der Waals surface area contributed by atoms with Crippen LogP contribution in [-0.2, 0) is 11.9 Å². The van der Waals surface area contributed by atoms with E-state index in [1.807, 2.05) is 0 Å². The van der Waals surface area contributed by atoms with Crippen LogP contribution in [0, 0.1) is 0 Å². The highest BCUT2D eigenvalue weighted by Gasteiger charge is 2.32. The van der Waals surface area contributed by atoms with Crippen molar-refractivity contribution < 1.29 is 13.2 Å². The van der Waals surface area contributed by atoms with Crippen molar-refractivity contribution in [3.63, 3.8) is 0 Å². The molecule has 106 valence electrons.